The zero-order valence-corrected chi connectivity index (χ0v) is 11.3. The van der Waals surface area contributed by atoms with E-state index in [0.717, 1.165) is 30.8 Å². The summed E-state index contributed by atoms with van der Waals surface area (Å²) in [4.78, 5) is 0. The topological polar surface area (TPSA) is 29.9 Å². The molecule has 1 saturated carbocycles. The van der Waals surface area contributed by atoms with Crippen molar-refractivity contribution < 1.29 is 0 Å². The summed E-state index contributed by atoms with van der Waals surface area (Å²) < 4.78 is 1.88. The fraction of sp³-hybridized carbons (Fsp3) is 0.786. The Morgan fingerprint density at radius 2 is 2.29 bits per heavy atom. The maximum Gasteiger partial charge on any atom is 0.0522 e. The first-order valence-corrected chi connectivity index (χ1v) is 6.91. The van der Waals surface area contributed by atoms with Gasteiger partial charge in [-0.05, 0) is 43.2 Å². The molecule has 1 fully saturated rings. The summed E-state index contributed by atoms with van der Waals surface area (Å²) in [5, 5.41) is 7.91. The molecule has 3 heteroatoms. The van der Waals surface area contributed by atoms with Crippen molar-refractivity contribution in [2.75, 3.05) is 6.54 Å². The number of nitrogens with one attached hydrogen (secondary N) is 1. The lowest BCUT2D eigenvalue weighted by Gasteiger charge is -2.20. The minimum atomic E-state index is 0.733. The molecule has 17 heavy (non-hydrogen) atoms. The van der Waals surface area contributed by atoms with Crippen molar-refractivity contribution >= 4 is 0 Å². The molecule has 0 aliphatic heterocycles. The third-order valence-corrected chi connectivity index (χ3v) is 4.33. The molecule has 1 N–H and O–H groups in total. The lowest BCUT2D eigenvalue weighted by molar-refractivity contribution is 0.346. The van der Waals surface area contributed by atoms with Crippen molar-refractivity contribution in [3.63, 3.8) is 0 Å². The van der Waals surface area contributed by atoms with E-state index in [9.17, 15) is 0 Å². The van der Waals surface area contributed by atoms with Gasteiger partial charge in [-0.3, -0.25) is 4.68 Å². The van der Waals surface area contributed by atoms with Gasteiger partial charge in [0.05, 0.1) is 6.20 Å². The molecule has 2 rings (SSSR count). The van der Waals surface area contributed by atoms with E-state index < -0.39 is 0 Å². The zero-order valence-electron chi connectivity index (χ0n) is 11.3. The maximum absolute atomic E-state index is 4.20. The SMILES string of the molecule is CCC1CCC(NCCc2cnn(C)c2)C1C. The molecule has 3 atom stereocenters. The van der Waals surface area contributed by atoms with Gasteiger partial charge in [-0.25, -0.2) is 0 Å². The van der Waals surface area contributed by atoms with Gasteiger partial charge >= 0.3 is 0 Å². The highest BCUT2D eigenvalue weighted by Gasteiger charge is 2.30. The van der Waals surface area contributed by atoms with E-state index in [1.807, 2.05) is 17.9 Å². The predicted octanol–water partition coefficient (Wildman–Crippen LogP) is 2.38. The Morgan fingerprint density at radius 1 is 1.47 bits per heavy atom. The van der Waals surface area contributed by atoms with Crippen LogP contribution >= 0.6 is 0 Å². The molecule has 0 spiro atoms. The monoisotopic (exact) mass is 235 g/mol. The van der Waals surface area contributed by atoms with E-state index in [0.29, 0.717) is 0 Å². The summed E-state index contributed by atoms with van der Waals surface area (Å²) in [6.07, 6.45) is 9.26. The average molecular weight is 235 g/mol. The zero-order chi connectivity index (χ0) is 12.3. The first-order chi connectivity index (χ1) is 8.20. The van der Waals surface area contributed by atoms with Crippen molar-refractivity contribution in [1.29, 1.82) is 0 Å². The third-order valence-electron chi connectivity index (χ3n) is 4.33. The fourth-order valence-corrected chi connectivity index (χ4v) is 3.11. The van der Waals surface area contributed by atoms with Gasteiger partial charge in [-0.2, -0.15) is 5.10 Å². The van der Waals surface area contributed by atoms with Gasteiger partial charge in [-0.15, -0.1) is 0 Å². The number of nitrogens with zero attached hydrogens (tertiary/aromatic N) is 2. The molecule has 1 aliphatic rings. The van der Waals surface area contributed by atoms with Gasteiger partial charge in [0.15, 0.2) is 0 Å². The minimum absolute atomic E-state index is 0.733. The van der Waals surface area contributed by atoms with Crippen molar-refractivity contribution in [1.82, 2.24) is 15.1 Å². The van der Waals surface area contributed by atoms with Crippen LogP contribution in [0.25, 0.3) is 0 Å². The molecule has 1 aromatic heterocycles. The summed E-state index contributed by atoms with van der Waals surface area (Å²) in [5.74, 6) is 1.78. The van der Waals surface area contributed by atoms with E-state index in [1.165, 1.54) is 24.8 Å². The molecule has 3 nitrogen and oxygen atoms in total. The summed E-state index contributed by atoms with van der Waals surface area (Å²) >= 11 is 0. The van der Waals surface area contributed by atoms with Gasteiger partial charge in [-0.1, -0.05) is 20.3 Å². The molecule has 96 valence electrons. The standard InChI is InChI=1S/C14H25N3/c1-4-13-5-6-14(11(13)2)15-8-7-12-9-16-17(3)10-12/h9-11,13-15H,4-8H2,1-3H3. The number of aromatic nitrogens is 2. The molecule has 0 aromatic carbocycles. The second kappa shape index (κ2) is 5.67. The van der Waals surface area contributed by atoms with E-state index in [1.54, 1.807) is 0 Å². The summed E-state index contributed by atoms with van der Waals surface area (Å²) in [6, 6.07) is 0.733. The molecular weight excluding hydrogens is 210 g/mol. The normalized spacial score (nSPS) is 28.8. The molecule has 0 amide bonds. The van der Waals surface area contributed by atoms with Crippen LogP contribution in [0.5, 0.6) is 0 Å². The number of rotatable bonds is 5. The highest BCUT2D eigenvalue weighted by Crippen LogP contribution is 2.33. The van der Waals surface area contributed by atoms with Crippen LogP contribution in [-0.4, -0.2) is 22.4 Å². The minimum Gasteiger partial charge on any atom is -0.313 e. The van der Waals surface area contributed by atoms with Crippen molar-refractivity contribution in [2.45, 2.75) is 45.6 Å². The second-order valence-corrected chi connectivity index (χ2v) is 5.44. The Balaban J connectivity index is 1.72. The predicted molar refractivity (Wildman–Crippen MR) is 70.9 cm³/mol. The van der Waals surface area contributed by atoms with Crippen molar-refractivity contribution in [3.05, 3.63) is 18.0 Å². The van der Waals surface area contributed by atoms with E-state index in [2.05, 4.69) is 30.5 Å². The van der Waals surface area contributed by atoms with Crippen LogP contribution in [0.3, 0.4) is 0 Å². The molecule has 0 bridgehead atoms. The Labute approximate surface area is 105 Å². The van der Waals surface area contributed by atoms with Crippen molar-refractivity contribution in [3.8, 4) is 0 Å². The molecule has 1 aliphatic carbocycles. The smallest absolute Gasteiger partial charge is 0.0522 e. The maximum atomic E-state index is 4.20. The second-order valence-electron chi connectivity index (χ2n) is 5.44. The Hall–Kier alpha value is -0.830. The van der Waals surface area contributed by atoms with Gasteiger partial charge in [0.25, 0.3) is 0 Å². The average Bonchev–Trinajstić information content (AvgIpc) is 2.87. The molecule has 0 radical (unpaired) electrons. The van der Waals surface area contributed by atoms with E-state index in [-0.39, 0.29) is 0 Å². The highest BCUT2D eigenvalue weighted by atomic mass is 15.2. The van der Waals surface area contributed by atoms with Crippen LogP contribution in [0.1, 0.15) is 38.7 Å². The van der Waals surface area contributed by atoms with Gasteiger partial charge in [0, 0.05) is 19.3 Å². The van der Waals surface area contributed by atoms with E-state index in [4.69, 9.17) is 0 Å². The third kappa shape index (κ3) is 3.09. The number of hydrogen-bond donors (Lipinski definition) is 1. The van der Waals surface area contributed by atoms with Crippen LogP contribution in [0.4, 0.5) is 0 Å². The van der Waals surface area contributed by atoms with Crippen LogP contribution in [0.15, 0.2) is 12.4 Å². The quantitative estimate of drug-likeness (QED) is 0.849. The van der Waals surface area contributed by atoms with Gasteiger partial charge in [0.2, 0.25) is 0 Å². The van der Waals surface area contributed by atoms with Crippen LogP contribution in [-0.2, 0) is 13.5 Å². The highest BCUT2D eigenvalue weighted by molar-refractivity contribution is 5.04. The fourth-order valence-electron chi connectivity index (χ4n) is 3.11. The lowest BCUT2D eigenvalue weighted by Crippen LogP contribution is -2.34. The molecule has 1 heterocycles. The molecule has 1 aromatic rings. The van der Waals surface area contributed by atoms with Gasteiger partial charge < -0.3 is 5.32 Å². The molecule has 0 saturated heterocycles. The summed E-state index contributed by atoms with van der Waals surface area (Å²) in [6.45, 7) is 5.80. The van der Waals surface area contributed by atoms with Crippen LogP contribution in [0.2, 0.25) is 0 Å². The summed E-state index contributed by atoms with van der Waals surface area (Å²) in [5.41, 5.74) is 1.33. The van der Waals surface area contributed by atoms with Crippen LogP contribution in [0, 0.1) is 11.8 Å². The number of aryl methyl sites for hydroxylation is 1. The Morgan fingerprint density at radius 3 is 2.88 bits per heavy atom. The number of hydrogen-bond acceptors (Lipinski definition) is 2. The van der Waals surface area contributed by atoms with Crippen LogP contribution < -0.4 is 5.32 Å². The van der Waals surface area contributed by atoms with E-state index >= 15 is 0 Å². The largest absolute Gasteiger partial charge is 0.313 e. The Bertz CT molecular complexity index is 345. The van der Waals surface area contributed by atoms with Crippen molar-refractivity contribution in [2.24, 2.45) is 18.9 Å². The lowest BCUT2D eigenvalue weighted by atomic mass is 9.93. The molecular formula is C14H25N3. The van der Waals surface area contributed by atoms with Gasteiger partial charge in [0.1, 0.15) is 0 Å². The molecule has 3 unspecified atom stereocenters. The first kappa shape index (κ1) is 12.6. The Kier molecular flexibility index (Phi) is 4.21. The summed E-state index contributed by atoms with van der Waals surface area (Å²) in [7, 11) is 1.97. The first-order valence-electron chi connectivity index (χ1n) is 6.91.